The number of fused-ring (bicyclic) bond motifs is 1. The Labute approximate surface area is 302 Å². The van der Waals surface area contributed by atoms with Crippen LogP contribution in [0.2, 0.25) is 5.02 Å². The van der Waals surface area contributed by atoms with Crippen LogP contribution in [0, 0.1) is 6.92 Å². The van der Waals surface area contributed by atoms with Crippen molar-refractivity contribution in [1.29, 1.82) is 0 Å². The fourth-order valence-corrected chi connectivity index (χ4v) is 6.21. The molecule has 51 heavy (non-hydrogen) atoms. The summed E-state index contributed by atoms with van der Waals surface area (Å²) in [6, 6.07) is 17.3. The number of amides is 3. The normalized spacial score (nSPS) is 12.7. The monoisotopic (exact) mass is 715 g/mol. The number of rotatable bonds is 14. The Morgan fingerprint density at radius 3 is 2.61 bits per heavy atom. The SMILES string of the molecule is COC(=O)CC[C@@H](NC(=O)Nc1cccc(Cn2cc(-c3cccc4c3CCCN4C(=O)CCCOc3cccc(Cl)c3C)cn2)c1)C(=O)OC. The minimum absolute atomic E-state index is 0.0359. The number of esters is 2. The second kappa shape index (κ2) is 17.5. The molecule has 3 amide bonds. The second-order valence-electron chi connectivity index (χ2n) is 12.2. The van der Waals surface area contributed by atoms with Crippen LogP contribution in [0.15, 0.2) is 73.1 Å². The van der Waals surface area contributed by atoms with Crippen molar-refractivity contribution >= 4 is 46.9 Å². The maximum Gasteiger partial charge on any atom is 0.328 e. The highest BCUT2D eigenvalue weighted by molar-refractivity contribution is 6.31. The van der Waals surface area contributed by atoms with Gasteiger partial charge in [0.2, 0.25) is 5.91 Å². The van der Waals surface area contributed by atoms with E-state index in [1.54, 1.807) is 6.07 Å². The molecule has 0 radical (unpaired) electrons. The maximum absolute atomic E-state index is 13.4. The predicted molar refractivity (Wildman–Crippen MR) is 194 cm³/mol. The van der Waals surface area contributed by atoms with Crippen LogP contribution in [-0.2, 0) is 36.8 Å². The molecule has 2 N–H and O–H groups in total. The van der Waals surface area contributed by atoms with E-state index in [1.807, 2.05) is 77.4 Å². The quantitative estimate of drug-likeness (QED) is 0.114. The standard InChI is InChI=1S/C38H42ClN5O7/c1-25-31(39)13-6-15-34(25)51-20-8-16-35(45)44-19-7-12-30-29(11-5-14-33(30)44)27-22-40-43(24-27)23-26-9-4-10-28(21-26)41-38(48)42-32(37(47)50-3)17-18-36(46)49-2/h4-6,9-11,13-15,21-22,24,32H,7-8,12,16-20,23H2,1-3H3,(H2,41,42,48)/t32-/m1/s1. The lowest BCUT2D eigenvalue weighted by Crippen LogP contribution is -2.43. The van der Waals surface area contributed by atoms with Crippen molar-refractivity contribution in [3.8, 4) is 16.9 Å². The van der Waals surface area contributed by atoms with Crippen molar-refractivity contribution in [2.45, 2.75) is 58.0 Å². The average Bonchev–Trinajstić information content (AvgIpc) is 3.60. The second-order valence-corrected chi connectivity index (χ2v) is 12.6. The Kier molecular flexibility index (Phi) is 12.7. The summed E-state index contributed by atoms with van der Waals surface area (Å²) >= 11 is 6.20. The third kappa shape index (κ3) is 9.66. The topological polar surface area (TPSA) is 141 Å². The summed E-state index contributed by atoms with van der Waals surface area (Å²) in [7, 11) is 2.47. The van der Waals surface area contributed by atoms with Gasteiger partial charge in [0, 0.05) is 53.1 Å². The number of benzene rings is 3. The number of urea groups is 1. The smallest absolute Gasteiger partial charge is 0.328 e. The molecule has 4 aromatic rings. The molecule has 0 saturated carbocycles. The first-order valence-corrected chi connectivity index (χ1v) is 17.2. The Hall–Kier alpha value is -5.36. The zero-order valence-electron chi connectivity index (χ0n) is 28.9. The molecule has 1 aliphatic rings. The van der Waals surface area contributed by atoms with Crippen LogP contribution in [0.1, 0.15) is 48.8 Å². The van der Waals surface area contributed by atoms with E-state index in [9.17, 15) is 19.2 Å². The van der Waals surface area contributed by atoms with Crippen LogP contribution in [-0.4, -0.2) is 67.1 Å². The van der Waals surface area contributed by atoms with Gasteiger partial charge in [-0.25, -0.2) is 9.59 Å². The number of hydrogen-bond acceptors (Lipinski definition) is 8. The number of carbonyl (C=O) groups is 4. The molecule has 1 atom stereocenters. The number of aromatic nitrogens is 2. The zero-order chi connectivity index (χ0) is 36.3. The predicted octanol–water partition coefficient (Wildman–Crippen LogP) is 6.31. The number of ether oxygens (including phenoxy) is 3. The number of halogens is 1. The first-order valence-electron chi connectivity index (χ1n) is 16.8. The summed E-state index contributed by atoms with van der Waals surface area (Å²) in [6.07, 6.45) is 6.46. The molecule has 3 aromatic carbocycles. The number of nitrogens with zero attached hydrogens (tertiary/aromatic N) is 3. The Morgan fingerprint density at radius 1 is 1.00 bits per heavy atom. The van der Waals surface area contributed by atoms with Gasteiger partial charge in [0.25, 0.3) is 0 Å². The van der Waals surface area contributed by atoms with Crippen molar-refractivity contribution in [3.05, 3.63) is 94.8 Å². The van der Waals surface area contributed by atoms with Crippen LogP contribution in [0.5, 0.6) is 5.75 Å². The number of anilines is 2. The van der Waals surface area contributed by atoms with Crippen LogP contribution >= 0.6 is 11.6 Å². The van der Waals surface area contributed by atoms with E-state index in [4.69, 9.17) is 21.1 Å². The van der Waals surface area contributed by atoms with Crippen molar-refractivity contribution in [2.75, 3.05) is 37.6 Å². The van der Waals surface area contributed by atoms with Gasteiger partial charge in [-0.3, -0.25) is 14.3 Å². The van der Waals surface area contributed by atoms with Gasteiger partial charge >= 0.3 is 18.0 Å². The van der Waals surface area contributed by atoms with E-state index >= 15 is 0 Å². The molecule has 1 aromatic heterocycles. The average molecular weight is 716 g/mol. The first kappa shape index (κ1) is 36.9. The molecule has 0 saturated heterocycles. The molecule has 0 unspecified atom stereocenters. The van der Waals surface area contributed by atoms with E-state index < -0.39 is 24.0 Å². The van der Waals surface area contributed by atoms with Crippen molar-refractivity contribution < 1.29 is 33.4 Å². The van der Waals surface area contributed by atoms with E-state index in [0.717, 1.165) is 52.1 Å². The van der Waals surface area contributed by atoms with Gasteiger partial charge in [0.05, 0.1) is 33.6 Å². The van der Waals surface area contributed by atoms with Crippen molar-refractivity contribution in [1.82, 2.24) is 15.1 Å². The summed E-state index contributed by atoms with van der Waals surface area (Å²) in [5.74, 6) is -0.360. The van der Waals surface area contributed by atoms with E-state index in [2.05, 4.69) is 26.5 Å². The third-order valence-corrected chi connectivity index (χ3v) is 9.10. The van der Waals surface area contributed by atoms with Gasteiger partial charge in [0.1, 0.15) is 11.8 Å². The fraction of sp³-hybridized carbons (Fsp3) is 0.342. The van der Waals surface area contributed by atoms with Gasteiger partial charge in [-0.05, 0) is 79.6 Å². The lowest BCUT2D eigenvalue weighted by Gasteiger charge is -2.31. The summed E-state index contributed by atoms with van der Waals surface area (Å²) in [4.78, 5) is 51.6. The minimum atomic E-state index is -1.02. The number of methoxy groups -OCH3 is 2. The van der Waals surface area contributed by atoms with E-state index in [1.165, 1.54) is 14.2 Å². The maximum atomic E-state index is 13.4. The summed E-state index contributed by atoms with van der Waals surface area (Å²) in [5.41, 5.74) is 6.33. The van der Waals surface area contributed by atoms with E-state index in [0.29, 0.717) is 43.2 Å². The highest BCUT2D eigenvalue weighted by Crippen LogP contribution is 2.36. The van der Waals surface area contributed by atoms with Crippen molar-refractivity contribution in [2.24, 2.45) is 0 Å². The Bertz CT molecular complexity index is 1880. The summed E-state index contributed by atoms with van der Waals surface area (Å²) in [5, 5.41) is 10.6. The van der Waals surface area contributed by atoms with Crippen LogP contribution < -0.4 is 20.3 Å². The van der Waals surface area contributed by atoms with Gasteiger partial charge in [-0.2, -0.15) is 5.10 Å². The molecule has 0 bridgehead atoms. The summed E-state index contributed by atoms with van der Waals surface area (Å²) in [6.45, 7) is 3.45. The van der Waals surface area contributed by atoms with Crippen LogP contribution in [0.25, 0.3) is 11.1 Å². The number of carbonyl (C=O) groups excluding carboxylic acids is 4. The van der Waals surface area contributed by atoms with Crippen LogP contribution in [0.4, 0.5) is 16.2 Å². The Balaban J connectivity index is 1.19. The van der Waals surface area contributed by atoms with Crippen LogP contribution in [0.3, 0.4) is 0 Å². The molecule has 12 nitrogen and oxygen atoms in total. The third-order valence-electron chi connectivity index (χ3n) is 8.69. The van der Waals surface area contributed by atoms with Gasteiger partial charge in [-0.1, -0.05) is 41.9 Å². The molecule has 13 heteroatoms. The minimum Gasteiger partial charge on any atom is -0.493 e. The molecular weight excluding hydrogens is 674 g/mol. The molecule has 0 aliphatic carbocycles. The van der Waals surface area contributed by atoms with Gasteiger partial charge in [-0.15, -0.1) is 0 Å². The Morgan fingerprint density at radius 2 is 1.80 bits per heavy atom. The highest BCUT2D eigenvalue weighted by Gasteiger charge is 2.25. The number of nitrogens with one attached hydrogen (secondary N) is 2. The molecule has 5 rings (SSSR count). The summed E-state index contributed by atoms with van der Waals surface area (Å²) < 4.78 is 17.1. The molecule has 268 valence electrons. The molecule has 0 spiro atoms. The largest absolute Gasteiger partial charge is 0.493 e. The fourth-order valence-electron chi connectivity index (χ4n) is 6.04. The lowest BCUT2D eigenvalue weighted by molar-refractivity contribution is -0.144. The van der Waals surface area contributed by atoms with Gasteiger partial charge < -0.3 is 29.7 Å². The first-order chi connectivity index (χ1) is 24.7. The van der Waals surface area contributed by atoms with E-state index in [-0.39, 0.29) is 18.7 Å². The molecule has 2 heterocycles. The van der Waals surface area contributed by atoms with Gasteiger partial charge in [0.15, 0.2) is 0 Å². The highest BCUT2D eigenvalue weighted by atomic mass is 35.5. The zero-order valence-corrected chi connectivity index (χ0v) is 29.7. The number of hydrogen-bond donors (Lipinski definition) is 2. The lowest BCUT2D eigenvalue weighted by atomic mass is 9.93. The molecule has 1 aliphatic heterocycles. The van der Waals surface area contributed by atoms with Crippen molar-refractivity contribution in [3.63, 3.8) is 0 Å². The molecular formula is C38H42ClN5O7. The molecule has 0 fully saturated rings.